The molecule has 5 nitrogen and oxygen atoms in total. The lowest BCUT2D eigenvalue weighted by Gasteiger charge is -2.16. The summed E-state index contributed by atoms with van der Waals surface area (Å²) in [6, 6.07) is 3.59. The molecule has 1 fully saturated rings. The van der Waals surface area contributed by atoms with Gasteiger partial charge in [0.15, 0.2) is 5.75 Å². The van der Waals surface area contributed by atoms with Gasteiger partial charge in [-0.05, 0) is 44.5 Å². The zero-order valence-corrected chi connectivity index (χ0v) is 12.3. The van der Waals surface area contributed by atoms with E-state index in [4.69, 9.17) is 10.5 Å². The van der Waals surface area contributed by atoms with Crippen LogP contribution in [0.25, 0.3) is 0 Å². The fraction of sp³-hybridized carbons (Fsp3) is 0.667. The van der Waals surface area contributed by atoms with Crippen molar-refractivity contribution in [2.24, 2.45) is 5.73 Å². The van der Waals surface area contributed by atoms with Gasteiger partial charge in [-0.1, -0.05) is 6.92 Å². The Labute approximate surface area is 120 Å². The third kappa shape index (κ3) is 4.08. The molecule has 20 heavy (non-hydrogen) atoms. The van der Waals surface area contributed by atoms with Crippen molar-refractivity contribution in [3.05, 3.63) is 28.7 Å². The number of ether oxygens (including phenoxy) is 1. The first-order chi connectivity index (χ1) is 9.70. The van der Waals surface area contributed by atoms with Crippen molar-refractivity contribution in [1.29, 1.82) is 0 Å². The van der Waals surface area contributed by atoms with E-state index in [1.807, 2.05) is 13.0 Å². The van der Waals surface area contributed by atoms with Gasteiger partial charge in [0.25, 0.3) is 5.56 Å². The molecule has 112 valence electrons. The summed E-state index contributed by atoms with van der Waals surface area (Å²) in [5, 5.41) is 0. The van der Waals surface area contributed by atoms with E-state index >= 15 is 0 Å². The molecule has 0 aliphatic carbocycles. The van der Waals surface area contributed by atoms with Crippen LogP contribution < -0.4 is 16.0 Å². The summed E-state index contributed by atoms with van der Waals surface area (Å²) in [5.74, 6) is 0.426. The minimum atomic E-state index is -0.0854. The summed E-state index contributed by atoms with van der Waals surface area (Å²) >= 11 is 0. The van der Waals surface area contributed by atoms with E-state index in [-0.39, 0.29) is 11.6 Å². The first-order valence-corrected chi connectivity index (χ1v) is 7.51. The number of rotatable bonds is 7. The molecule has 0 amide bonds. The van der Waals surface area contributed by atoms with E-state index in [1.54, 1.807) is 16.8 Å². The predicted octanol–water partition coefficient (Wildman–Crippen LogP) is 1.06. The summed E-state index contributed by atoms with van der Waals surface area (Å²) in [5.41, 5.74) is 5.81. The summed E-state index contributed by atoms with van der Waals surface area (Å²) in [6.07, 6.45) is 5.16. The maximum Gasteiger partial charge on any atom is 0.292 e. The minimum absolute atomic E-state index is 0.00699. The number of nitrogens with two attached hydrogens (primary N) is 1. The predicted molar refractivity (Wildman–Crippen MR) is 80.1 cm³/mol. The van der Waals surface area contributed by atoms with Crippen LogP contribution in [0, 0.1) is 0 Å². The Bertz CT molecular complexity index is 466. The Balaban J connectivity index is 1.90. The van der Waals surface area contributed by atoms with E-state index in [0.29, 0.717) is 18.9 Å². The topological polar surface area (TPSA) is 60.5 Å². The largest absolute Gasteiger partial charge is 0.487 e. The molecule has 1 saturated heterocycles. The molecule has 1 aromatic heterocycles. The van der Waals surface area contributed by atoms with Crippen LogP contribution in [-0.2, 0) is 6.54 Å². The number of hydrogen-bond acceptors (Lipinski definition) is 4. The van der Waals surface area contributed by atoms with Gasteiger partial charge in [0.05, 0.1) is 0 Å². The lowest BCUT2D eigenvalue weighted by molar-refractivity contribution is 0.234. The van der Waals surface area contributed by atoms with E-state index < -0.39 is 0 Å². The molecule has 1 unspecified atom stereocenters. The van der Waals surface area contributed by atoms with Gasteiger partial charge in [-0.2, -0.15) is 0 Å². The highest BCUT2D eigenvalue weighted by Crippen LogP contribution is 2.07. The van der Waals surface area contributed by atoms with Crippen LogP contribution >= 0.6 is 0 Å². The van der Waals surface area contributed by atoms with Crippen LogP contribution in [0.3, 0.4) is 0 Å². The van der Waals surface area contributed by atoms with Gasteiger partial charge in [-0.15, -0.1) is 0 Å². The standard InChI is InChI=1S/C15H25N3O2/c1-2-13(16)12-18-9-5-6-14(15(18)19)20-11-10-17-7-3-4-8-17/h5-6,9,13H,2-4,7-8,10-12,16H2,1H3. The molecule has 1 aromatic rings. The van der Waals surface area contributed by atoms with Crippen molar-refractivity contribution in [1.82, 2.24) is 9.47 Å². The fourth-order valence-corrected chi connectivity index (χ4v) is 2.44. The van der Waals surface area contributed by atoms with E-state index in [0.717, 1.165) is 26.1 Å². The fourth-order valence-electron chi connectivity index (χ4n) is 2.44. The van der Waals surface area contributed by atoms with Gasteiger partial charge < -0.3 is 15.0 Å². The van der Waals surface area contributed by atoms with Crippen molar-refractivity contribution >= 4 is 0 Å². The zero-order valence-electron chi connectivity index (χ0n) is 12.3. The summed E-state index contributed by atoms with van der Waals surface area (Å²) in [4.78, 5) is 14.6. The Morgan fingerprint density at radius 2 is 2.15 bits per heavy atom. The molecule has 2 N–H and O–H groups in total. The Kier molecular flexibility index (Phi) is 5.61. The normalized spacial score (nSPS) is 17.3. The highest BCUT2D eigenvalue weighted by atomic mass is 16.5. The van der Waals surface area contributed by atoms with Crippen molar-refractivity contribution < 1.29 is 4.74 Å². The molecule has 2 heterocycles. The maximum absolute atomic E-state index is 12.2. The van der Waals surface area contributed by atoms with Crippen molar-refractivity contribution in [2.75, 3.05) is 26.2 Å². The number of hydrogen-bond donors (Lipinski definition) is 1. The van der Waals surface area contributed by atoms with Crippen LogP contribution in [0.2, 0.25) is 0 Å². The molecule has 0 radical (unpaired) electrons. The quantitative estimate of drug-likeness (QED) is 0.811. The third-order valence-corrected chi connectivity index (χ3v) is 3.80. The van der Waals surface area contributed by atoms with Gasteiger partial charge in [0.2, 0.25) is 0 Å². The van der Waals surface area contributed by atoms with Crippen molar-refractivity contribution in [2.45, 2.75) is 38.8 Å². The van der Waals surface area contributed by atoms with E-state index in [1.165, 1.54) is 12.8 Å². The van der Waals surface area contributed by atoms with Gasteiger partial charge in [0, 0.05) is 25.3 Å². The molecule has 2 rings (SSSR count). The van der Waals surface area contributed by atoms with Crippen LogP contribution in [0.15, 0.2) is 23.1 Å². The Hall–Kier alpha value is -1.33. The Morgan fingerprint density at radius 3 is 2.85 bits per heavy atom. The summed E-state index contributed by atoms with van der Waals surface area (Å²) in [7, 11) is 0. The smallest absolute Gasteiger partial charge is 0.292 e. The lowest BCUT2D eigenvalue weighted by atomic mass is 10.2. The number of pyridine rings is 1. The molecule has 0 saturated carbocycles. The van der Waals surface area contributed by atoms with Gasteiger partial charge in [-0.3, -0.25) is 9.69 Å². The average Bonchev–Trinajstić information content (AvgIpc) is 2.96. The Morgan fingerprint density at radius 1 is 1.40 bits per heavy atom. The van der Waals surface area contributed by atoms with Gasteiger partial charge in [0.1, 0.15) is 6.61 Å². The second kappa shape index (κ2) is 7.45. The molecule has 1 atom stereocenters. The number of aromatic nitrogens is 1. The van der Waals surface area contributed by atoms with Crippen LogP contribution in [-0.4, -0.2) is 41.8 Å². The highest BCUT2D eigenvalue weighted by molar-refractivity contribution is 5.17. The summed E-state index contributed by atoms with van der Waals surface area (Å²) in [6.45, 7) is 6.31. The van der Waals surface area contributed by atoms with Crippen molar-refractivity contribution in [3.8, 4) is 5.75 Å². The van der Waals surface area contributed by atoms with Crippen molar-refractivity contribution in [3.63, 3.8) is 0 Å². The summed E-state index contributed by atoms with van der Waals surface area (Å²) < 4.78 is 7.28. The highest BCUT2D eigenvalue weighted by Gasteiger charge is 2.12. The molecule has 0 aromatic carbocycles. The van der Waals surface area contributed by atoms with Crippen LogP contribution in [0.5, 0.6) is 5.75 Å². The maximum atomic E-state index is 12.2. The average molecular weight is 279 g/mol. The first kappa shape index (κ1) is 15.1. The van der Waals surface area contributed by atoms with Gasteiger partial charge >= 0.3 is 0 Å². The first-order valence-electron chi connectivity index (χ1n) is 7.51. The zero-order chi connectivity index (χ0) is 14.4. The molecular weight excluding hydrogens is 254 g/mol. The van der Waals surface area contributed by atoms with Crippen LogP contribution in [0.1, 0.15) is 26.2 Å². The van der Waals surface area contributed by atoms with E-state index in [9.17, 15) is 4.79 Å². The minimum Gasteiger partial charge on any atom is -0.487 e. The lowest BCUT2D eigenvalue weighted by Crippen LogP contribution is -2.32. The number of likely N-dealkylation sites (tertiary alicyclic amines) is 1. The molecule has 5 heteroatoms. The molecule has 0 spiro atoms. The van der Waals surface area contributed by atoms with Crippen LogP contribution in [0.4, 0.5) is 0 Å². The molecular formula is C15H25N3O2. The molecule has 1 aliphatic rings. The second-order valence-corrected chi connectivity index (χ2v) is 5.40. The monoisotopic (exact) mass is 279 g/mol. The SMILES string of the molecule is CCC(N)Cn1cccc(OCCN2CCCC2)c1=O. The molecule has 0 bridgehead atoms. The molecule has 1 aliphatic heterocycles. The number of nitrogens with zero attached hydrogens (tertiary/aromatic N) is 2. The third-order valence-electron chi connectivity index (χ3n) is 3.80. The van der Waals surface area contributed by atoms with E-state index in [2.05, 4.69) is 4.90 Å². The second-order valence-electron chi connectivity index (χ2n) is 5.40. The van der Waals surface area contributed by atoms with Gasteiger partial charge in [-0.25, -0.2) is 0 Å².